The van der Waals surface area contributed by atoms with Crippen molar-refractivity contribution in [3.05, 3.63) is 26.3 Å². The first-order valence-electron chi connectivity index (χ1n) is 5.77. The van der Waals surface area contributed by atoms with Gasteiger partial charge in [-0.3, -0.25) is 4.79 Å². The Hall–Kier alpha value is -0.680. The van der Waals surface area contributed by atoms with E-state index in [9.17, 15) is 4.79 Å². The summed E-state index contributed by atoms with van der Waals surface area (Å²) in [4.78, 5) is 19.3. The molecule has 1 atom stereocenters. The fourth-order valence-electron chi connectivity index (χ4n) is 1.92. The molecule has 0 spiro atoms. The predicted molar refractivity (Wildman–Crippen MR) is 69.4 cm³/mol. The molecule has 0 bridgehead atoms. The van der Waals surface area contributed by atoms with Crippen LogP contribution in [0.2, 0.25) is 0 Å². The Kier molecular flexibility index (Phi) is 3.41. The average molecular weight is 301 g/mol. The van der Waals surface area contributed by atoms with Crippen LogP contribution in [0.4, 0.5) is 0 Å². The first kappa shape index (κ1) is 12.8. The predicted octanol–water partition coefficient (Wildman–Crippen LogP) is 2.33. The lowest BCUT2D eigenvalue weighted by Crippen LogP contribution is -2.24. The standard InChI is InChI=1S/C12H17BrN2O2/c1-12(2,3)9-8(13)11(16)15-10(14-9)7-4-5-17-6-7/h7H,4-6H2,1-3H3,(H,14,15,16). The second-order valence-electron chi connectivity index (χ2n) is 5.42. The van der Waals surface area contributed by atoms with Crippen molar-refractivity contribution in [1.82, 2.24) is 9.97 Å². The van der Waals surface area contributed by atoms with E-state index in [0.29, 0.717) is 11.1 Å². The van der Waals surface area contributed by atoms with Crippen molar-refractivity contribution < 1.29 is 4.74 Å². The van der Waals surface area contributed by atoms with E-state index in [0.717, 1.165) is 24.5 Å². The van der Waals surface area contributed by atoms with Crippen molar-refractivity contribution in [2.24, 2.45) is 0 Å². The maximum absolute atomic E-state index is 11.9. The summed E-state index contributed by atoms with van der Waals surface area (Å²) >= 11 is 3.32. The molecule has 5 heteroatoms. The minimum atomic E-state index is -0.151. The number of halogens is 1. The van der Waals surface area contributed by atoms with E-state index < -0.39 is 0 Å². The summed E-state index contributed by atoms with van der Waals surface area (Å²) in [5.41, 5.74) is 0.552. The molecule has 0 aromatic carbocycles. The Labute approximate surface area is 109 Å². The number of rotatable bonds is 1. The van der Waals surface area contributed by atoms with Gasteiger partial charge in [0, 0.05) is 17.9 Å². The minimum Gasteiger partial charge on any atom is -0.381 e. The van der Waals surface area contributed by atoms with Crippen molar-refractivity contribution in [2.45, 2.75) is 38.5 Å². The molecule has 0 aliphatic carbocycles. The topological polar surface area (TPSA) is 55.0 Å². The van der Waals surface area contributed by atoms with Crippen LogP contribution < -0.4 is 5.56 Å². The minimum absolute atomic E-state index is 0.105. The molecule has 4 nitrogen and oxygen atoms in total. The highest BCUT2D eigenvalue weighted by molar-refractivity contribution is 9.10. The summed E-state index contributed by atoms with van der Waals surface area (Å²) in [5.74, 6) is 0.970. The van der Waals surface area contributed by atoms with Gasteiger partial charge in [0.15, 0.2) is 0 Å². The molecule has 17 heavy (non-hydrogen) atoms. The van der Waals surface area contributed by atoms with Crippen LogP contribution in [-0.4, -0.2) is 23.2 Å². The molecule has 1 aliphatic rings. The van der Waals surface area contributed by atoms with Crippen LogP contribution in [0.3, 0.4) is 0 Å². The van der Waals surface area contributed by atoms with Gasteiger partial charge >= 0.3 is 0 Å². The summed E-state index contributed by atoms with van der Waals surface area (Å²) in [5, 5.41) is 0. The van der Waals surface area contributed by atoms with E-state index in [1.807, 2.05) is 0 Å². The van der Waals surface area contributed by atoms with Gasteiger partial charge < -0.3 is 9.72 Å². The Morgan fingerprint density at radius 3 is 2.71 bits per heavy atom. The van der Waals surface area contributed by atoms with Crippen molar-refractivity contribution in [3.8, 4) is 0 Å². The van der Waals surface area contributed by atoms with Crippen LogP contribution >= 0.6 is 15.9 Å². The highest BCUT2D eigenvalue weighted by Gasteiger charge is 2.26. The fourth-order valence-corrected chi connectivity index (χ4v) is 2.70. The summed E-state index contributed by atoms with van der Waals surface area (Å²) < 4.78 is 5.87. The van der Waals surface area contributed by atoms with E-state index in [1.165, 1.54) is 0 Å². The van der Waals surface area contributed by atoms with Crippen molar-refractivity contribution in [3.63, 3.8) is 0 Å². The number of nitrogens with one attached hydrogen (secondary N) is 1. The van der Waals surface area contributed by atoms with E-state index >= 15 is 0 Å². The van der Waals surface area contributed by atoms with Gasteiger partial charge in [-0.2, -0.15) is 0 Å². The molecule has 1 saturated heterocycles. The molecular formula is C12H17BrN2O2. The zero-order chi connectivity index (χ0) is 12.6. The first-order valence-corrected chi connectivity index (χ1v) is 6.57. The van der Waals surface area contributed by atoms with Gasteiger partial charge in [-0.1, -0.05) is 20.8 Å². The quantitative estimate of drug-likeness (QED) is 0.866. The van der Waals surface area contributed by atoms with Crippen LogP contribution in [-0.2, 0) is 10.2 Å². The van der Waals surface area contributed by atoms with Crippen LogP contribution in [0.25, 0.3) is 0 Å². The highest BCUT2D eigenvalue weighted by Crippen LogP contribution is 2.28. The van der Waals surface area contributed by atoms with E-state index in [1.54, 1.807) is 0 Å². The zero-order valence-electron chi connectivity index (χ0n) is 10.3. The fraction of sp³-hybridized carbons (Fsp3) is 0.667. The third-order valence-corrected chi connectivity index (χ3v) is 3.64. The van der Waals surface area contributed by atoms with Crippen LogP contribution in [0, 0.1) is 0 Å². The van der Waals surface area contributed by atoms with Crippen LogP contribution in [0.5, 0.6) is 0 Å². The second kappa shape index (κ2) is 4.53. The lowest BCUT2D eigenvalue weighted by atomic mass is 9.91. The second-order valence-corrected chi connectivity index (χ2v) is 6.22. The van der Waals surface area contributed by atoms with Gasteiger partial charge in [-0.15, -0.1) is 0 Å². The maximum Gasteiger partial charge on any atom is 0.265 e. The van der Waals surface area contributed by atoms with Gasteiger partial charge in [-0.25, -0.2) is 4.98 Å². The normalized spacial score (nSPS) is 20.8. The summed E-state index contributed by atoms with van der Waals surface area (Å²) in [6.07, 6.45) is 0.925. The van der Waals surface area contributed by atoms with E-state index in [-0.39, 0.29) is 16.9 Å². The SMILES string of the molecule is CC(C)(C)c1nc(C2CCOC2)[nH]c(=O)c1Br. The summed E-state index contributed by atoms with van der Waals surface area (Å²) in [6, 6.07) is 0. The molecule has 1 fully saturated rings. The van der Waals surface area contributed by atoms with Gasteiger partial charge in [0.1, 0.15) is 10.3 Å². The maximum atomic E-state index is 11.9. The van der Waals surface area contributed by atoms with Gasteiger partial charge in [0.2, 0.25) is 0 Å². The van der Waals surface area contributed by atoms with Crippen LogP contribution in [0.1, 0.15) is 44.6 Å². The Morgan fingerprint density at radius 2 is 2.18 bits per heavy atom. The third kappa shape index (κ3) is 2.60. The number of hydrogen-bond donors (Lipinski definition) is 1. The highest BCUT2D eigenvalue weighted by atomic mass is 79.9. The third-order valence-electron chi connectivity index (χ3n) is 2.91. The van der Waals surface area contributed by atoms with E-state index in [4.69, 9.17) is 4.74 Å². The smallest absolute Gasteiger partial charge is 0.265 e. The summed E-state index contributed by atoms with van der Waals surface area (Å²) in [6.45, 7) is 7.54. The van der Waals surface area contributed by atoms with E-state index in [2.05, 4.69) is 46.7 Å². The molecule has 0 radical (unpaired) electrons. The molecule has 0 saturated carbocycles. The molecule has 1 N–H and O–H groups in total. The monoisotopic (exact) mass is 300 g/mol. The molecule has 0 amide bonds. The average Bonchev–Trinajstić information content (AvgIpc) is 2.73. The molecule has 94 valence electrons. The lowest BCUT2D eigenvalue weighted by Gasteiger charge is -2.20. The van der Waals surface area contributed by atoms with Crippen molar-refractivity contribution in [1.29, 1.82) is 0 Å². The van der Waals surface area contributed by atoms with Gasteiger partial charge in [-0.05, 0) is 22.4 Å². The first-order chi connectivity index (χ1) is 7.89. The number of aromatic nitrogens is 2. The molecule has 1 aromatic heterocycles. The zero-order valence-corrected chi connectivity index (χ0v) is 11.9. The molecule has 1 aromatic rings. The number of H-pyrrole nitrogens is 1. The van der Waals surface area contributed by atoms with Crippen molar-refractivity contribution in [2.75, 3.05) is 13.2 Å². The lowest BCUT2D eigenvalue weighted by molar-refractivity contribution is 0.193. The largest absolute Gasteiger partial charge is 0.381 e. The van der Waals surface area contributed by atoms with Gasteiger partial charge in [0.05, 0.1) is 12.3 Å². The Bertz CT molecular complexity index is 470. The molecule has 1 unspecified atom stereocenters. The Balaban J connectivity index is 2.49. The number of ether oxygens (including phenoxy) is 1. The molecule has 2 heterocycles. The van der Waals surface area contributed by atoms with Crippen molar-refractivity contribution >= 4 is 15.9 Å². The Morgan fingerprint density at radius 1 is 1.47 bits per heavy atom. The number of hydrogen-bond acceptors (Lipinski definition) is 3. The van der Waals surface area contributed by atoms with Gasteiger partial charge in [0.25, 0.3) is 5.56 Å². The molecule has 1 aliphatic heterocycles. The summed E-state index contributed by atoms with van der Waals surface area (Å²) in [7, 11) is 0. The molecular weight excluding hydrogens is 284 g/mol. The number of aromatic amines is 1. The van der Waals surface area contributed by atoms with Crippen LogP contribution in [0.15, 0.2) is 9.27 Å². The number of nitrogens with zero attached hydrogens (tertiary/aromatic N) is 1. The molecule has 2 rings (SSSR count).